The molecule has 0 saturated carbocycles. The first kappa shape index (κ1) is 8.74. The second-order valence-electron chi connectivity index (χ2n) is 2.53. The number of hydrogen-bond acceptors (Lipinski definition) is 2. The van der Waals surface area contributed by atoms with Gasteiger partial charge in [-0.15, -0.1) is 0 Å². The van der Waals surface area contributed by atoms with Crippen molar-refractivity contribution in [3.63, 3.8) is 0 Å². The Morgan fingerprint density at radius 3 is 3.10 bits per heavy atom. The molecule has 10 heavy (non-hydrogen) atoms. The Bertz CT molecular complexity index is 83.7. The van der Waals surface area contributed by atoms with Gasteiger partial charge in [-0.3, -0.25) is 0 Å². The first-order chi connectivity index (χ1) is 4.93. The van der Waals surface area contributed by atoms with E-state index in [0.717, 1.165) is 19.7 Å². The molecule has 1 fully saturated rings. The standard InChI is InChI=1S/C7H14INO/c8-3-4-9-6-7-2-1-5-10-7/h7,9H,1-6H2. The highest BCUT2D eigenvalue weighted by molar-refractivity contribution is 14.1. The van der Waals surface area contributed by atoms with Crippen LogP contribution in [0.2, 0.25) is 0 Å². The van der Waals surface area contributed by atoms with Gasteiger partial charge in [0.05, 0.1) is 6.10 Å². The molecule has 1 atom stereocenters. The van der Waals surface area contributed by atoms with Crippen molar-refractivity contribution in [2.75, 3.05) is 24.1 Å². The highest BCUT2D eigenvalue weighted by atomic mass is 127. The number of halogens is 1. The van der Waals surface area contributed by atoms with Crippen LogP contribution in [0.15, 0.2) is 0 Å². The summed E-state index contributed by atoms with van der Waals surface area (Å²) in [5, 5.41) is 3.34. The number of nitrogens with one attached hydrogen (secondary N) is 1. The van der Waals surface area contributed by atoms with Crippen LogP contribution in [0.1, 0.15) is 12.8 Å². The highest BCUT2D eigenvalue weighted by Gasteiger charge is 2.13. The summed E-state index contributed by atoms with van der Waals surface area (Å²) in [5.41, 5.74) is 0. The maximum atomic E-state index is 5.43. The average Bonchev–Trinajstić information content (AvgIpc) is 2.41. The number of rotatable bonds is 4. The van der Waals surface area contributed by atoms with Gasteiger partial charge in [-0.25, -0.2) is 0 Å². The van der Waals surface area contributed by atoms with E-state index in [4.69, 9.17) is 4.74 Å². The summed E-state index contributed by atoms with van der Waals surface area (Å²) in [4.78, 5) is 0. The normalized spacial score (nSPS) is 25.5. The molecular formula is C7H14INO. The molecule has 0 radical (unpaired) electrons. The zero-order valence-electron chi connectivity index (χ0n) is 6.11. The van der Waals surface area contributed by atoms with Gasteiger partial charge in [0, 0.05) is 24.1 Å². The van der Waals surface area contributed by atoms with Gasteiger partial charge in [0.1, 0.15) is 0 Å². The zero-order chi connectivity index (χ0) is 7.23. The highest BCUT2D eigenvalue weighted by Crippen LogP contribution is 2.10. The van der Waals surface area contributed by atoms with E-state index in [1.807, 2.05) is 0 Å². The first-order valence-corrected chi connectivity index (χ1v) is 5.34. The maximum Gasteiger partial charge on any atom is 0.0700 e. The van der Waals surface area contributed by atoms with E-state index in [1.54, 1.807) is 0 Å². The minimum Gasteiger partial charge on any atom is -0.377 e. The van der Waals surface area contributed by atoms with Crippen LogP contribution >= 0.6 is 22.6 Å². The van der Waals surface area contributed by atoms with Crippen LogP contribution in [0.4, 0.5) is 0 Å². The van der Waals surface area contributed by atoms with Crippen LogP contribution in [0.25, 0.3) is 0 Å². The topological polar surface area (TPSA) is 21.3 Å². The maximum absolute atomic E-state index is 5.43. The molecule has 0 aromatic carbocycles. The third-order valence-electron chi connectivity index (χ3n) is 1.67. The van der Waals surface area contributed by atoms with Crippen LogP contribution in [0.3, 0.4) is 0 Å². The summed E-state index contributed by atoms with van der Waals surface area (Å²) in [7, 11) is 0. The summed E-state index contributed by atoms with van der Waals surface area (Å²) in [6, 6.07) is 0. The number of ether oxygens (including phenoxy) is 1. The summed E-state index contributed by atoms with van der Waals surface area (Å²) in [6.45, 7) is 3.13. The lowest BCUT2D eigenvalue weighted by molar-refractivity contribution is 0.111. The third-order valence-corrected chi connectivity index (χ3v) is 2.21. The van der Waals surface area contributed by atoms with Gasteiger partial charge in [0.2, 0.25) is 0 Å². The SMILES string of the molecule is ICCNCC1CCCO1. The summed E-state index contributed by atoms with van der Waals surface area (Å²) in [6.07, 6.45) is 2.99. The Labute approximate surface area is 75.8 Å². The van der Waals surface area contributed by atoms with Gasteiger partial charge in [-0.1, -0.05) is 22.6 Å². The molecule has 1 rings (SSSR count). The number of hydrogen-bond donors (Lipinski definition) is 1. The average molecular weight is 255 g/mol. The molecule has 60 valence electrons. The van der Waals surface area contributed by atoms with Gasteiger partial charge in [-0.2, -0.15) is 0 Å². The first-order valence-electron chi connectivity index (χ1n) is 3.82. The van der Waals surface area contributed by atoms with Gasteiger partial charge in [-0.05, 0) is 12.8 Å². The Balaban J connectivity index is 1.91. The fourth-order valence-electron chi connectivity index (χ4n) is 1.14. The molecule has 0 aromatic heterocycles. The summed E-state index contributed by atoms with van der Waals surface area (Å²) < 4.78 is 6.62. The van der Waals surface area contributed by atoms with Crippen molar-refractivity contribution >= 4 is 22.6 Å². The number of alkyl halides is 1. The molecule has 1 saturated heterocycles. The molecule has 0 aliphatic carbocycles. The van der Waals surface area contributed by atoms with Gasteiger partial charge in [0.15, 0.2) is 0 Å². The van der Waals surface area contributed by atoms with Gasteiger partial charge in [0.25, 0.3) is 0 Å². The lowest BCUT2D eigenvalue weighted by Gasteiger charge is -2.08. The molecule has 0 aromatic rings. The smallest absolute Gasteiger partial charge is 0.0700 e. The van der Waals surface area contributed by atoms with Crippen molar-refractivity contribution in [1.82, 2.24) is 5.32 Å². The molecule has 3 heteroatoms. The predicted molar refractivity (Wildman–Crippen MR) is 50.7 cm³/mol. The molecule has 0 amide bonds. The minimum absolute atomic E-state index is 0.503. The van der Waals surface area contributed by atoms with Crippen LogP contribution < -0.4 is 5.32 Å². The minimum atomic E-state index is 0.503. The molecule has 1 N–H and O–H groups in total. The Hall–Kier alpha value is 0.650. The van der Waals surface area contributed by atoms with Crippen LogP contribution in [0.5, 0.6) is 0 Å². The second kappa shape index (κ2) is 5.32. The summed E-state index contributed by atoms with van der Waals surface area (Å²) >= 11 is 2.37. The van der Waals surface area contributed by atoms with E-state index in [1.165, 1.54) is 17.3 Å². The third kappa shape index (κ3) is 3.16. The molecule has 2 nitrogen and oxygen atoms in total. The lowest BCUT2D eigenvalue weighted by atomic mass is 10.2. The Kier molecular flexibility index (Phi) is 4.65. The van der Waals surface area contributed by atoms with E-state index in [2.05, 4.69) is 27.9 Å². The van der Waals surface area contributed by atoms with Crippen molar-refractivity contribution < 1.29 is 4.74 Å². The van der Waals surface area contributed by atoms with Crippen molar-refractivity contribution in [3.8, 4) is 0 Å². The van der Waals surface area contributed by atoms with E-state index >= 15 is 0 Å². The Morgan fingerprint density at radius 2 is 2.50 bits per heavy atom. The predicted octanol–water partition coefficient (Wildman–Crippen LogP) is 1.19. The second-order valence-corrected chi connectivity index (χ2v) is 3.61. The molecule has 0 bridgehead atoms. The monoisotopic (exact) mass is 255 g/mol. The van der Waals surface area contributed by atoms with Gasteiger partial charge >= 0.3 is 0 Å². The van der Waals surface area contributed by atoms with E-state index in [9.17, 15) is 0 Å². The van der Waals surface area contributed by atoms with E-state index in [0.29, 0.717) is 6.10 Å². The fraction of sp³-hybridized carbons (Fsp3) is 1.00. The van der Waals surface area contributed by atoms with Crippen LogP contribution in [-0.4, -0.2) is 30.2 Å². The van der Waals surface area contributed by atoms with Crippen LogP contribution in [0, 0.1) is 0 Å². The summed E-state index contributed by atoms with van der Waals surface area (Å²) in [5.74, 6) is 0. The van der Waals surface area contributed by atoms with E-state index in [-0.39, 0.29) is 0 Å². The zero-order valence-corrected chi connectivity index (χ0v) is 8.26. The largest absolute Gasteiger partial charge is 0.377 e. The van der Waals surface area contributed by atoms with Crippen molar-refractivity contribution in [2.45, 2.75) is 18.9 Å². The molecule has 1 aliphatic heterocycles. The molecule has 1 aliphatic rings. The van der Waals surface area contributed by atoms with E-state index < -0.39 is 0 Å². The van der Waals surface area contributed by atoms with Crippen molar-refractivity contribution in [3.05, 3.63) is 0 Å². The Morgan fingerprint density at radius 1 is 1.60 bits per heavy atom. The molecule has 1 unspecified atom stereocenters. The lowest BCUT2D eigenvalue weighted by Crippen LogP contribution is -2.27. The fourth-order valence-corrected chi connectivity index (χ4v) is 1.52. The quantitative estimate of drug-likeness (QED) is 0.463. The molecular weight excluding hydrogens is 241 g/mol. The molecule has 0 spiro atoms. The molecule has 1 heterocycles. The van der Waals surface area contributed by atoms with Gasteiger partial charge < -0.3 is 10.1 Å². The van der Waals surface area contributed by atoms with Crippen molar-refractivity contribution in [2.24, 2.45) is 0 Å². The van der Waals surface area contributed by atoms with Crippen molar-refractivity contribution in [1.29, 1.82) is 0 Å². The van der Waals surface area contributed by atoms with Crippen LogP contribution in [-0.2, 0) is 4.74 Å².